The Kier molecular flexibility index (Phi) is 3.79. The molecular formula is C10H10I2O2. The van der Waals surface area contributed by atoms with Crippen LogP contribution in [-0.2, 0) is 0 Å². The molecule has 4 heteroatoms. The molecule has 76 valence electrons. The van der Waals surface area contributed by atoms with Gasteiger partial charge in [0.25, 0.3) is 0 Å². The van der Waals surface area contributed by atoms with Crippen molar-refractivity contribution < 1.29 is 9.90 Å². The van der Waals surface area contributed by atoms with Gasteiger partial charge in [-0.2, -0.15) is 0 Å². The van der Waals surface area contributed by atoms with Crippen molar-refractivity contribution in [1.29, 1.82) is 0 Å². The Morgan fingerprint density at radius 3 is 1.93 bits per heavy atom. The first-order chi connectivity index (χ1) is 6.37. The summed E-state index contributed by atoms with van der Waals surface area (Å²) in [6.07, 6.45) is 0. The van der Waals surface area contributed by atoms with E-state index in [2.05, 4.69) is 45.2 Å². The van der Waals surface area contributed by atoms with Crippen molar-refractivity contribution in [3.63, 3.8) is 0 Å². The Hall–Kier alpha value is 0.150. The third-order valence-corrected chi connectivity index (χ3v) is 5.33. The molecule has 0 aliphatic heterocycles. The second-order valence-corrected chi connectivity index (χ2v) is 5.34. The molecule has 0 spiro atoms. The molecule has 0 heterocycles. The molecule has 0 saturated heterocycles. The smallest absolute Gasteiger partial charge is 0.337 e. The average Bonchev–Trinajstić information content (AvgIpc) is 2.11. The van der Waals surface area contributed by atoms with Crippen molar-refractivity contribution in [3.8, 4) is 0 Å². The largest absolute Gasteiger partial charge is 0.478 e. The van der Waals surface area contributed by atoms with Crippen LogP contribution in [0.4, 0.5) is 0 Å². The van der Waals surface area contributed by atoms with Crippen LogP contribution in [0.3, 0.4) is 0 Å². The van der Waals surface area contributed by atoms with E-state index in [0.29, 0.717) is 5.56 Å². The van der Waals surface area contributed by atoms with E-state index < -0.39 is 5.97 Å². The number of carboxylic acid groups (broad SMARTS) is 1. The summed E-state index contributed by atoms with van der Waals surface area (Å²) in [5.41, 5.74) is 3.45. The molecule has 1 N–H and O–H groups in total. The van der Waals surface area contributed by atoms with Gasteiger partial charge in [0.2, 0.25) is 0 Å². The predicted octanol–water partition coefficient (Wildman–Crippen LogP) is 3.52. The van der Waals surface area contributed by atoms with Crippen molar-refractivity contribution in [3.05, 3.63) is 29.4 Å². The van der Waals surface area contributed by atoms with Gasteiger partial charge in [-0.05, 0) is 82.6 Å². The molecule has 0 aliphatic rings. The lowest BCUT2D eigenvalue weighted by Crippen LogP contribution is -2.08. The molecule has 0 aliphatic carbocycles. The number of aromatic carboxylic acids is 1. The van der Waals surface area contributed by atoms with E-state index in [-0.39, 0.29) is 0 Å². The van der Waals surface area contributed by atoms with Crippen LogP contribution in [0, 0.1) is 27.9 Å². The maximum absolute atomic E-state index is 11.1. The van der Waals surface area contributed by atoms with Crippen molar-refractivity contribution in [2.75, 3.05) is 0 Å². The Bertz CT molecular complexity index is 382. The molecule has 0 aromatic heterocycles. The molecular weight excluding hydrogens is 406 g/mol. The maximum Gasteiger partial charge on any atom is 0.337 e. The molecule has 0 fully saturated rings. The molecule has 0 bridgehead atoms. The Balaban J connectivity index is 3.68. The molecule has 0 amide bonds. The second-order valence-electron chi connectivity index (χ2n) is 3.18. The zero-order valence-corrected chi connectivity index (χ0v) is 12.4. The first kappa shape index (κ1) is 12.2. The van der Waals surface area contributed by atoms with E-state index in [0.717, 1.165) is 23.8 Å². The van der Waals surface area contributed by atoms with Gasteiger partial charge in [-0.3, -0.25) is 0 Å². The highest BCUT2D eigenvalue weighted by Gasteiger charge is 2.18. The number of hydrogen-bond donors (Lipinski definition) is 1. The van der Waals surface area contributed by atoms with Crippen molar-refractivity contribution in [2.45, 2.75) is 20.8 Å². The van der Waals surface area contributed by atoms with Crippen LogP contribution in [-0.4, -0.2) is 11.1 Å². The fraction of sp³-hybridized carbons (Fsp3) is 0.300. The molecule has 1 aromatic carbocycles. The van der Waals surface area contributed by atoms with Crippen LogP contribution in [0.2, 0.25) is 0 Å². The summed E-state index contributed by atoms with van der Waals surface area (Å²) >= 11 is 4.36. The fourth-order valence-corrected chi connectivity index (χ4v) is 3.43. The summed E-state index contributed by atoms with van der Waals surface area (Å²) in [7, 11) is 0. The van der Waals surface area contributed by atoms with Crippen molar-refractivity contribution >= 4 is 51.2 Å². The summed E-state index contributed by atoms with van der Waals surface area (Å²) in [6, 6.07) is 0. The molecule has 1 aromatic rings. The third kappa shape index (κ3) is 1.91. The molecule has 14 heavy (non-hydrogen) atoms. The standard InChI is InChI=1S/C10H10I2O2/c1-4-5(2)8(11)6(3)9(12)7(4)10(13)14/h1-3H3,(H,13,14). The summed E-state index contributed by atoms with van der Waals surface area (Å²) < 4.78 is 2.01. The minimum absolute atomic E-state index is 0.445. The van der Waals surface area contributed by atoms with E-state index >= 15 is 0 Å². The highest BCUT2D eigenvalue weighted by Crippen LogP contribution is 2.29. The van der Waals surface area contributed by atoms with Gasteiger partial charge in [0.1, 0.15) is 0 Å². The van der Waals surface area contributed by atoms with Crippen LogP contribution in [0.1, 0.15) is 27.0 Å². The van der Waals surface area contributed by atoms with Crippen LogP contribution in [0.25, 0.3) is 0 Å². The monoisotopic (exact) mass is 416 g/mol. The van der Waals surface area contributed by atoms with Gasteiger partial charge in [-0.15, -0.1) is 0 Å². The molecule has 0 saturated carbocycles. The van der Waals surface area contributed by atoms with Gasteiger partial charge in [0.15, 0.2) is 0 Å². The van der Waals surface area contributed by atoms with Gasteiger partial charge in [-0.25, -0.2) is 4.79 Å². The minimum Gasteiger partial charge on any atom is -0.478 e. The number of hydrogen-bond acceptors (Lipinski definition) is 1. The van der Waals surface area contributed by atoms with Crippen molar-refractivity contribution in [2.24, 2.45) is 0 Å². The zero-order chi connectivity index (χ0) is 11.0. The summed E-state index contributed by atoms with van der Waals surface area (Å²) in [5, 5.41) is 9.08. The SMILES string of the molecule is Cc1c(C)c(C(=O)O)c(I)c(C)c1I. The second kappa shape index (κ2) is 4.34. The van der Waals surface area contributed by atoms with Gasteiger partial charge >= 0.3 is 5.97 Å². The van der Waals surface area contributed by atoms with Gasteiger partial charge in [0, 0.05) is 7.14 Å². The van der Waals surface area contributed by atoms with Crippen LogP contribution < -0.4 is 0 Å². The first-order valence-electron chi connectivity index (χ1n) is 4.06. The lowest BCUT2D eigenvalue weighted by atomic mass is 10.0. The summed E-state index contributed by atoms with van der Waals surface area (Å²) in [6.45, 7) is 5.79. The lowest BCUT2D eigenvalue weighted by Gasteiger charge is -2.13. The number of carboxylic acids is 1. The fourth-order valence-electron chi connectivity index (χ4n) is 1.34. The maximum atomic E-state index is 11.1. The number of halogens is 2. The van der Waals surface area contributed by atoms with E-state index in [1.54, 1.807) is 0 Å². The van der Waals surface area contributed by atoms with Gasteiger partial charge in [-0.1, -0.05) is 0 Å². The van der Waals surface area contributed by atoms with E-state index in [4.69, 9.17) is 5.11 Å². The number of carbonyl (C=O) groups is 1. The topological polar surface area (TPSA) is 37.3 Å². The van der Waals surface area contributed by atoms with Gasteiger partial charge < -0.3 is 5.11 Å². The molecule has 2 nitrogen and oxygen atoms in total. The minimum atomic E-state index is -0.838. The van der Waals surface area contributed by atoms with Crippen LogP contribution in [0.5, 0.6) is 0 Å². The van der Waals surface area contributed by atoms with Crippen LogP contribution in [0.15, 0.2) is 0 Å². The van der Waals surface area contributed by atoms with E-state index in [9.17, 15) is 4.79 Å². The molecule has 0 unspecified atom stereocenters. The Morgan fingerprint density at radius 1 is 1.00 bits per heavy atom. The van der Waals surface area contributed by atoms with Gasteiger partial charge in [0.05, 0.1) is 5.56 Å². The average molecular weight is 416 g/mol. The number of benzene rings is 1. The molecule has 0 atom stereocenters. The van der Waals surface area contributed by atoms with E-state index in [1.807, 2.05) is 20.8 Å². The Labute approximate surface area is 110 Å². The highest BCUT2D eigenvalue weighted by atomic mass is 127. The molecule has 0 radical (unpaired) electrons. The highest BCUT2D eigenvalue weighted by molar-refractivity contribution is 14.1. The molecule has 1 rings (SSSR count). The Morgan fingerprint density at radius 2 is 1.50 bits per heavy atom. The quantitative estimate of drug-likeness (QED) is 0.712. The van der Waals surface area contributed by atoms with Crippen molar-refractivity contribution in [1.82, 2.24) is 0 Å². The lowest BCUT2D eigenvalue weighted by molar-refractivity contribution is 0.0694. The third-order valence-electron chi connectivity index (χ3n) is 2.36. The van der Waals surface area contributed by atoms with Crippen LogP contribution >= 0.6 is 45.2 Å². The summed E-state index contributed by atoms with van der Waals surface area (Å²) in [5.74, 6) is -0.838. The number of rotatable bonds is 1. The zero-order valence-electron chi connectivity index (χ0n) is 8.11. The van der Waals surface area contributed by atoms with E-state index in [1.165, 1.54) is 0 Å². The predicted molar refractivity (Wildman–Crippen MR) is 73.0 cm³/mol. The summed E-state index contributed by atoms with van der Waals surface area (Å²) in [4.78, 5) is 11.1. The first-order valence-corrected chi connectivity index (χ1v) is 6.21. The normalized spacial score (nSPS) is 10.4.